The Balaban J connectivity index is 2.40. The number of carbonyl (C=O) groups excluding carboxylic acids is 3. The summed E-state index contributed by atoms with van der Waals surface area (Å²) >= 11 is 3.38. The molecular weight excluding hydrogens is 436 g/mol. The van der Waals surface area contributed by atoms with Gasteiger partial charge in [0, 0.05) is 27.3 Å². The van der Waals surface area contributed by atoms with Gasteiger partial charge in [-0.3, -0.25) is 9.59 Å². The molecule has 0 saturated heterocycles. The van der Waals surface area contributed by atoms with Crippen LogP contribution in [0.4, 0.5) is 0 Å². The van der Waals surface area contributed by atoms with Crippen LogP contribution in [0.5, 0.6) is 0 Å². The molecule has 1 heterocycles. The number of amides is 1. The quantitative estimate of drug-likeness (QED) is 0.477. The Morgan fingerprint density at radius 3 is 2.38 bits per heavy atom. The maximum Gasteiger partial charge on any atom is 0.355 e. The predicted molar refractivity (Wildman–Crippen MR) is 115 cm³/mol. The van der Waals surface area contributed by atoms with E-state index in [0.29, 0.717) is 22.4 Å². The number of benzene rings is 1. The van der Waals surface area contributed by atoms with Gasteiger partial charge in [0.15, 0.2) is 5.78 Å². The van der Waals surface area contributed by atoms with Gasteiger partial charge in [0.1, 0.15) is 5.69 Å². The van der Waals surface area contributed by atoms with E-state index in [-0.39, 0.29) is 30.0 Å². The average molecular weight is 463 g/mol. The number of nitrogens with one attached hydrogen (secondary N) is 1. The summed E-state index contributed by atoms with van der Waals surface area (Å²) in [5, 5.41) is 0. The molecule has 1 unspecified atom stereocenters. The van der Waals surface area contributed by atoms with E-state index in [1.807, 2.05) is 19.9 Å². The number of Topliss-reactive ketones (excluding diaryl/α,β-unsaturated/α-hetero) is 1. The summed E-state index contributed by atoms with van der Waals surface area (Å²) in [7, 11) is 0. The van der Waals surface area contributed by atoms with Crippen LogP contribution in [0.15, 0.2) is 28.7 Å². The molecule has 1 atom stereocenters. The number of halogens is 1. The monoisotopic (exact) mass is 462 g/mol. The smallest absolute Gasteiger partial charge is 0.355 e. The first-order chi connectivity index (χ1) is 13.6. The van der Waals surface area contributed by atoms with E-state index >= 15 is 0 Å². The molecule has 0 aliphatic rings. The number of esters is 1. The molecule has 0 spiro atoms. The molecule has 0 radical (unpaired) electrons. The first-order valence-electron chi connectivity index (χ1n) is 9.58. The maximum absolute atomic E-state index is 13.4. The van der Waals surface area contributed by atoms with Crippen molar-refractivity contribution in [3.05, 3.63) is 56.8 Å². The minimum atomic E-state index is -0.704. The molecule has 0 bridgehead atoms. The summed E-state index contributed by atoms with van der Waals surface area (Å²) in [4.78, 5) is 43.2. The fraction of sp³-hybridized carbons (Fsp3) is 0.409. The molecule has 2 rings (SSSR count). The summed E-state index contributed by atoms with van der Waals surface area (Å²) in [5.74, 6) is -0.937. The first kappa shape index (κ1) is 22.9. The van der Waals surface area contributed by atoms with Crippen LogP contribution in [0.3, 0.4) is 0 Å². The Morgan fingerprint density at radius 2 is 1.83 bits per heavy atom. The number of H-pyrrole nitrogens is 1. The van der Waals surface area contributed by atoms with Gasteiger partial charge in [-0.15, -0.1) is 0 Å². The molecule has 1 aromatic heterocycles. The van der Waals surface area contributed by atoms with Gasteiger partial charge in [-0.25, -0.2) is 4.79 Å². The lowest BCUT2D eigenvalue weighted by atomic mass is 9.98. The number of ether oxygens (including phenoxy) is 1. The number of hydrogen-bond acceptors (Lipinski definition) is 4. The molecule has 0 saturated carbocycles. The maximum atomic E-state index is 13.4. The number of hydrogen-bond donors (Lipinski definition) is 1. The second-order valence-corrected chi connectivity index (χ2v) is 8.12. The number of aromatic amines is 1. The van der Waals surface area contributed by atoms with E-state index in [9.17, 15) is 14.4 Å². The lowest BCUT2D eigenvalue weighted by Crippen LogP contribution is -2.47. The summed E-state index contributed by atoms with van der Waals surface area (Å²) < 4.78 is 5.85. The van der Waals surface area contributed by atoms with Gasteiger partial charge >= 0.3 is 5.97 Å². The third kappa shape index (κ3) is 4.78. The van der Waals surface area contributed by atoms with Gasteiger partial charge in [0.05, 0.1) is 12.6 Å². The number of aryl methyl sites for hydroxylation is 1. The highest BCUT2D eigenvalue weighted by atomic mass is 79.9. The normalized spacial score (nSPS) is 12.0. The van der Waals surface area contributed by atoms with Crippen LogP contribution >= 0.6 is 15.9 Å². The summed E-state index contributed by atoms with van der Waals surface area (Å²) in [6.45, 7) is 10.9. The Labute approximate surface area is 179 Å². The second-order valence-electron chi connectivity index (χ2n) is 7.20. The molecule has 0 aliphatic carbocycles. The molecule has 6 nitrogen and oxygen atoms in total. The lowest BCUT2D eigenvalue weighted by molar-refractivity contribution is 0.0518. The van der Waals surface area contributed by atoms with Gasteiger partial charge in [0.2, 0.25) is 0 Å². The molecule has 1 amide bonds. The number of ketones is 1. The largest absolute Gasteiger partial charge is 0.461 e. The average Bonchev–Trinajstić information content (AvgIpc) is 2.95. The fourth-order valence-corrected chi connectivity index (χ4v) is 3.89. The van der Waals surface area contributed by atoms with Crippen LogP contribution in [0.25, 0.3) is 0 Å². The van der Waals surface area contributed by atoms with E-state index in [2.05, 4.69) is 20.9 Å². The van der Waals surface area contributed by atoms with Crippen LogP contribution in [0, 0.1) is 13.8 Å². The minimum absolute atomic E-state index is 0.190. The molecule has 0 aliphatic heterocycles. The summed E-state index contributed by atoms with van der Waals surface area (Å²) in [5.41, 5.74) is 2.32. The number of nitrogens with zero attached hydrogens (tertiary/aromatic N) is 1. The van der Waals surface area contributed by atoms with Gasteiger partial charge in [-0.1, -0.05) is 22.0 Å². The molecule has 1 N–H and O–H groups in total. The highest BCUT2D eigenvalue weighted by molar-refractivity contribution is 9.10. The van der Waals surface area contributed by atoms with E-state index in [1.165, 1.54) is 0 Å². The van der Waals surface area contributed by atoms with E-state index in [4.69, 9.17) is 4.74 Å². The van der Waals surface area contributed by atoms with Crippen LogP contribution < -0.4 is 0 Å². The van der Waals surface area contributed by atoms with Crippen molar-refractivity contribution in [2.75, 3.05) is 6.61 Å². The van der Waals surface area contributed by atoms with Crippen molar-refractivity contribution in [2.24, 2.45) is 0 Å². The van der Waals surface area contributed by atoms with Crippen molar-refractivity contribution in [1.82, 2.24) is 9.88 Å². The Hall–Kier alpha value is -2.41. The van der Waals surface area contributed by atoms with Crippen LogP contribution in [-0.4, -0.2) is 46.2 Å². The Morgan fingerprint density at radius 1 is 1.17 bits per heavy atom. The summed E-state index contributed by atoms with van der Waals surface area (Å²) in [6.07, 6.45) is 0. The SMILES string of the molecule is CCOC(=O)c1[nH]c(C)c(C(=O)C(C)N(C(=O)c2cccc(Br)c2)C(C)C)c1C. The van der Waals surface area contributed by atoms with E-state index in [1.54, 1.807) is 50.8 Å². The van der Waals surface area contributed by atoms with E-state index < -0.39 is 12.0 Å². The topological polar surface area (TPSA) is 79.5 Å². The molecule has 2 aromatic rings. The van der Waals surface area contributed by atoms with Crippen molar-refractivity contribution in [3.8, 4) is 0 Å². The van der Waals surface area contributed by atoms with Gasteiger partial charge in [0.25, 0.3) is 5.91 Å². The third-order valence-corrected chi connectivity index (χ3v) is 5.32. The molecule has 7 heteroatoms. The van der Waals surface area contributed by atoms with Crippen molar-refractivity contribution >= 4 is 33.6 Å². The number of rotatable bonds is 7. The number of carbonyl (C=O) groups is 3. The summed E-state index contributed by atoms with van der Waals surface area (Å²) in [6, 6.07) is 6.20. The molecule has 0 fully saturated rings. The standard InChI is InChI=1S/C22H27BrN2O4/c1-7-29-22(28)19-13(4)18(14(5)24-19)20(26)15(6)25(12(2)3)21(27)16-9-8-10-17(23)11-16/h8-12,15,24H,7H2,1-6H3. The van der Waals surface area contributed by atoms with Gasteiger partial charge in [-0.05, 0) is 65.3 Å². The van der Waals surface area contributed by atoms with Crippen molar-refractivity contribution in [3.63, 3.8) is 0 Å². The third-order valence-electron chi connectivity index (χ3n) is 4.82. The Kier molecular flexibility index (Phi) is 7.41. The lowest BCUT2D eigenvalue weighted by Gasteiger charge is -2.32. The van der Waals surface area contributed by atoms with Crippen LogP contribution in [0.2, 0.25) is 0 Å². The van der Waals surface area contributed by atoms with Crippen LogP contribution in [-0.2, 0) is 4.74 Å². The molecule has 1 aromatic carbocycles. The fourth-order valence-electron chi connectivity index (χ4n) is 3.49. The van der Waals surface area contributed by atoms with Gasteiger partial charge < -0.3 is 14.6 Å². The minimum Gasteiger partial charge on any atom is -0.461 e. The molecule has 156 valence electrons. The zero-order chi connectivity index (χ0) is 21.9. The number of aromatic nitrogens is 1. The first-order valence-corrected chi connectivity index (χ1v) is 10.4. The zero-order valence-corrected chi connectivity index (χ0v) is 19.2. The van der Waals surface area contributed by atoms with Gasteiger partial charge in [-0.2, -0.15) is 0 Å². The second kappa shape index (κ2) is 9.39. The van der Waals surface area contributed by atoms with Crippen molar-refractivity contribution in [2.45, 2.75) is 53.6 Å². The predicted octanol–water partition coefficient (Wildman–Crippen LogP) is 4.69. The van der Waals surface area contributed by atoms with E-state index in [0.717, 1.165) is 4.47 Å². The highest BCUT2D eigenvalue weighted by Gasteiger charge is 2.33. The molecule has 29 heavy (non-hydrogen) atoms. The Bertz CT molecular complexity index is 933. The molecular formula is C22H27BrN2O4. The highest BCUT2D eigenvalue weighted by Crippen LogP contribution is 2.24. The van der Waals surface area contributed by atoms with Crippen molar-refractivity contribution in [1.29, 1.82) is 0 Å². The van der Waals surface area contributed by atoms with Crippen LogP contribution in [0.1, 0.15) is 70.2 Å². The zero-order valence-electron chi connectivity index (χ0n) is 17.6. The van der Waals surface area contributed by atoms with Crippen molar-refractivity contribution < 1.29 is 19.1 Å².